The first-order valence-corrected chi connectivity index (χ1v) is 6.34. The smallest absolute Gasteiger partial charge is 0.223 e. The second-order valence-electron chi connectivity index (χ2n) is 4.75. The minimum atomic E-state index is -1.06. The molecule has 1 fully saturated rings. The molecule has 0 saturated heterocycles. The summed E-state index contributed by atoms with van der Waals surface area (Å²) in [4.78, 5) is 23.4. The number of nitrogens with one attached hydrogen (secondary N) is 1. The van der Waals surface area contributed by atoms with Gasteiger partial charge in [-0.1, -0.05) is 12.8 Å². The van der Waals surface area contributed by atoms with Crippen LogP contribution in [0.2, 0.25) is 0 Å². The standard InChI is InChI=1S/C14H15F2NO2/c15-11-6-5-10(7-12(11)16)13(18)8-17-14(19)9-3-1-2-4-9/h5-7,9H,1-4,8H2,(H,17,19). The van der Waals surface area contributed by atoms with E-state index >= 15 is 0 Å². The molecule has 1 aromatic carbocycles. The van der Waals surface area contributed by atoms with Crippen molar-refractivity contribution in [3.8, 4) is 0 Å². The monoisotopic (exact) mass is 267 g/mol. The second-order valence-corrected chi connectivity index (χ2v) is 4.75. The van der Waals surface area contributed by atoms with Crippen molar-refractivity contribution in [1.29, 1.82) is 0 Å². The van der Waals surface area contributed by atoms with Gasteiger partial charge in [0.25, 0.3) is 0 Å². The Balaban J connectivity index is 1.90. The number of rotatable bonds is 4. The molecule has 0 aliphatic heterocycles. The lowest BCUT2D eigenvalue weighted by Gasteiger charge is -2.09. The van der Waals surface area contributed by atoms with E-state index in [1.54, 1.807) is 0 Å². The number of halogens is 2. The number of ketones is 1. The van der Waals surface area contributed by atoms with Crippen molar-refractivity contribution in [2.45, 2.75) is 25.7 Å². The molecule has 5 heteroatoms. The van der Waals surface area contributed by atoms with Gasteiger partial charge in [0.05, 0.1) is 6.54 Å². The Labute approximate surface area is 110 Å². The summed E-state index contributed by atoms with van der Waals surface area (Å²) >= 11 is 0. The van der Waals surface area contributed by atoms with Gasteiger partial charge in [0, 0.05) is 11.5 Å². The normalized spacial score (nSPS) is 15.5. The molecule has 2 rings (SSSR count). The number of carbonyl (C=O) groups excluding carboxylic acids is 2. The van der Waals surface area contributed by atoms with Crippen LogP contribution in [-0.4, -0.2) is 18.2 Å². The molecule has 1 amide bonds. The number of Topliss-reactive ketones (excluding diaryl/α,β-unsaturated/α-hetero) is 1. The Bertz CT molecular complexity index is 496. The first kappa shape index (κ1) is 13.6. The molecule has 0 unspecified atom stereocenters. The van der Waals surface area contributed by atoms with E-state index in [-0.39, 0.29) is 23.9 Å². The first-order valence-electron chi connectivity index (χ1n) is 6.34. The van der Waals surface area contributed by atoms with E-state index in [0.717, 1.165) is 37.8 Å². The van der Waals surface area contributed by atoms with Gasteiger partial charge in [0.1, 0.15) is 0 Å². The summed E-state index contributed by atoms with van der Waals surface area (Å²) in [5.41, 5.74) is 0.0608. The highest BCUT2D eigenvalue weighted by Crippen LogP contribution is 2.24. The summed E-state index contributed by atoms with van der Waals surface area (Å²) in [5.74, 6) is -2.63. The molecular formula is C14H15F2NO2. The Hall–Kier alpha value is -1.78. The lowest BCUT2D eigenvalue weighted by molar-refractivity contribution is -0.124. The predicted molar refractivity (Wildman–Crippen MR) is 65.7 cm³/mol. The third-order valence-electron chi connectivity index (χ3n) is 3.39. The third-order valence-corrected chi connectivity index (χ3v) is 3.39. The zero-order valence-corrected chi connectivity index (χ0v) is 10.4. The summed E-state index contributed by atoms with van der Waals surface area (Å²) in [7, 11) is 0. The molecule has 0 spiro atoms. The number of hydrogen-bond donors (Lipinski definition) is 1. The van der Waals surface area contributed by atoms with E-state index in [9.17, 15) is 18.4 Å². The maximum absolute atomic E-state index is 13.0. The van der Waals surface area contributed by atoms with Gasteiger partial charge in [0.15, 0.2) is 17.4 Å². The minimum absolute atomic E-state index is 0.0160. The Kier molecular flexibility index (Phi) is 4.24. The van der Waals surface area contributed by atoms with Crippen molar-refractivity contribution in [2.75, 3.05) is 6.54 Å². The topological polar surface area (TPSA) is 46.2 Å². The Morgan fingerprint density at radius 1 is 1.16 bits per heavy atom. The molecule has 0 aromatic heterocycles. The predicted octanol–water partition coefficient (Wildman–Crippen LogP) is 2.45. The molecule has 0 radical (unpaired) electrons. The molecule has 1 saturated carbocycles. The molecule has 0 atom stereocenters. The van der Waals surface area contributed by atoms with Crippen LogP contribution in [0.3, 0.4) is 0 Å². The highest BCUT2D eigenvalue weighted by atomic mass is 19.2. The van der Waals surface area contributed by atoms with Gasteiger partial charge < -0.3 is 5.32 Å². The van der Waals surface area contributed by atoms with E-state index in [4.69, 9.17) is 0 Å². The van der Waals surface area contributed by atoms with Gasteiger partial charge in [0.2, 0.25) is 5.91 Å². The van der Waals surface area contributed by atoms with Crippen molar-refractivity contribution >= 4 is 11.7 Å². The zero-order valence-electron chi connectivity index (χ0n) is 10.4. The van der Waals surface area contributed by atoms with Crippen LogP contribution >= 0.6 is 0 Å². The van der Waals surface area contributed by atoms with Gasteiger partial charge in [-0.05, 0) is 31.0 Å². The van der Waals surface area contributed by atoms with Gasteiger partial charge in [-0.25, -0.2) is 8.78 Å². The van der Waals surface area contributed by atoms with E-state index in [2.05, 4.69) is 5.32 Å². The molecule has 102 valence electrons. The van der Waals surface area contributed by atoms with Crippen LogP contribution in [0.5, 0.6) is 0 Å². The van der Waals surface area contributed by atoms with E-state index in [1.807, 2.05) is 0 Å². The summed E-state index contributed by atoms with van der Waals surface area (Å²) < 4.78 is 25.7. The van der Waals surface area contributed by atoms with Crippen LogP contribution in [0, 0.1) is 17.6 Å². The molecule has 0 heterocycles. The van der Waals surface area contributed by atoms with Crippen molar-refractivity contribution in [3.63, 3.8) is 0 Å². The highest BCUT2D eigenvalue weighted by molar-refractivity contribution is 5.99. The SMILES string of the molecule is O=C(CNC(=O)C1CCCC1)c1ccc(F)c(F)c1. The summed E-state index contributed by atoms with van der Waals surface area (Å²) in [6, 6.07) is 2.96. The fourth-order valence-electron chi connectivity index (χ4n) is 2.27. The average molecular weight is 267 g/mol. The van der Waals surface area contributed by atoms with Crippen LogP contribution < -0.4 is 5.32 Å². The van der Waals surface area contributed by atoms with Gasteiger partial charge in [-0.3, -0.25) is 9.59 Å². The molecule has 1 aromatic rings. The van der Waals surface area contributed by atoms with Crippen molar-refractivity contribution in [1.82, 2.24) is 5.32 Å². The molecule has 3 nitrogen and oxygen atoms in total. The molecule has 19 heavy (non-hydrogen) atoms. The average Bonchev–Trinajstić information content (AvgIpc) is 2.92. The zero-order chi connectivity index (χ0) is 13.8. The fraction of sp³-hybridized carbons (Fsp3) is 0.429. The van der Waals surface area contributed by atoms with Crippen molar-refractivity contribution in [3.05, 3.63) is 35.4 Å². The van der Waals surface area contributed by atoms with Crippen LogP contribution in [0.4, 0.5) is 8.78 Å². The van der Waals surface area contributed by atoms with Crippen LogP contribution in [-0.2, 0) is 4.79 Å². The summed E-state index contributed by atoms with van der Waals surface area (Å²) in [5, 5.41) is 2.55. The van der Waals surface area contributed by atoms with Crippen LogP contribution in [0.25, 0.3) is 0 Å². The Morgan fingerprint density at radius 2 is 1.84 bits per heavy atom. The molecule has 1 aliphatic carbocycles. The lowest BCUT2D eigenvalue weighted by Crippen LogP contribution is -2.33. The van der Waals surface area contributed by atoms with E-state index in [0.29, 0.717) is 0 Å². The number of amides is 1. The number of benzene rings is 1. The highest BCUT2D eigenvalue weighted by Gasteiger charge is 2.23. The second kappa shape index (κ2) is 5.91. The molecular weight excluding hydrogens is 252 g/mol. The maximum Gasteiger partial charge on any atom is 0.223 e. The van der Waals surface area contributed by atoms with Crippen molar-refractivity contribution < 1.29 is 18.4 Å². The van der Waals surface area contributed by atoms with Gasteiger partial charge >= 0.3 is 0 Å². The minimum Gasteiger partial charge on any atom is -0.348 e. The third kappa shape index (κ3) is 3.36. The largest absolute Gasteiger partial charge is 0.348 e. The van der Waals surface area contributed by atoms with E-state index in [1.165, 1.54) is 6.07 Å². The quantitative estimate of drug-likeness (QED) is 0.852. The maximum atomic E-state index is 13.0. The van der Waals surface area contributed by atoms with Crippen LogP contribution in [0.15, 0.2) is 18.2 Å². The molecule has 1 N–H and O–H groups in total. The summed E-state index contributed by atoms with van der Waals surface area (Å²) in [6.45, 7) is -0.180. The summed E-state index contributed by atoms with van der Waals surface area (Å²) in [6.07, 6.45) is 3.78. The van der Waals surface area contributed by atoms with Crippen LogP contribution in [0.1, 0.15) is 36.0 Å². The fourth-order valence-corrected chi connectivity index (χ4v) is 2.27. The van der Waals surface area contributed by atoms with E-state index < -0.39 is 17.4 Å². The van der Waals surface area contributed by atoms with Crippen molar-refractivity contribution in [2.24, 2.45) is 5.92 Å². The first-order chi connectivity index (χ1) is 9.08. The number of hydrogen-bond acceptors (Lipinski definition) is 2. The van der Waals surface area contributed by atoms with Gasteiger partial charge in [-0.2, -0.15) is 0 Å². The van der Waals surface area contributed by atoms with Gasteiger partial charge in [-0.15, -0.1) is 0 Å². The molecule has 1 aliphatic rings. The Morgan fingerprint density at radius 3 is 2.47 bits per heavy atom. The number of carbonyl (C=O) groups is 2. The lowest BCUT2D eigenvalue weighted by atomic mass is 10.1. The molecule has 0 bridgehead atoms.